The van der Waals surface area contributed by atoms with Crippen LogP contribution in [0.4, 0.5) is 4.39 Å². The topological polar surface area (TPSA) is 73.8 Å². The molecule has 2 N–H and O–H groups in total. The number of aryl methyl sites for hydroxylation is 1. The van der Waals surface area contributed by atoms with E-state index in [-0.39, 0.29) is 35.8 Å². The van der Waals surface area contributed by atoms with Crippen molar-refractivity contribution < 1.29 is 12.8 Å². The van der Waals surface area contributed by atoms with Gasteiger partial charge in [-0.1, -0.05) is 12.1 Å². The van der Waals surface area contributed by atoms with Crippen LogP contribution in [0.3, 0.4) is 0 Å². The van der Waals surface area contributed by atoms with Gasteiger partial charge in [-0.25, -0.2) is 17.1 Å². The van der Waals surface area contributed by atoms with E-state index in [1.807, 2.05) is 13.0 Å². The molecule has 1 fully saturated rings. The normalized spacial score (nSPS) is 17.9. The van der Waals surface area contributed by atoms with Crippen LogP contribution in [0.15, 0.2) is 23.2 Å². The molecular formula is C18H30FIN4O2S. The Labute approximate surface area is 179 Å². The largest absolute Gasteiger partial charge is 0.356 e. The molecule has 0 radical (unpaired) electrons. The molecule has 1 saturated heterocycles. The highest BCUT2D eigenvalue weighted by atomic mass is 127. The first kappa shape index (κ1) is 24.1. The van der Waals surface area contributed by atoms with E-state index in [0.717, 1.165) is 24.9 Å². The van der Waals surface area contributed by atoms with Gasteiger partial charge in [0.15, 0.2) is 5.96 Å². The Morgan fingerprint density at radius 3 is 2.52 bits per heavy atom. The minimum absolute atomic E-state index is 0. The first-order chi connectivity index (χ1) is 12.2. The van der Waals surface area contributed by atoms with Crippen molar-refractivity contribution >= 4 is 40.0 Å². The quantitative estimate of drug-likeness (QED) is 0.362. The minimum atomic E-state index is -3.09. The predicted molar refractivity (Wildman–Crippen MR) is 119 cm³/mol. The molecule has 154 valence electrons. The lowest BCUT2D eigenvalue weighted by Gasteiger charge is -2.30. The van der Waals surface area contributed by atoms with Crippen LogP contribution < -0.4 is 10.6 Å². The molecule has 1 aromatic rings. The van der Waals surface area contributed by atoms with Gasteiger partial charge in [-0.2, -0.15) is 0 Å². The van der Waals surface area contributed by atoms with Crippen LogP contribution in [0.2, 0.25) is 0 Å². The molecule has 0 aliphatic carbocycles. The SMILES string of the molecule is CN=C(NCC1CCN(S(C)(=O)=O)CC1)NC(C)c1ccc(C)c(F)c1.I. The number of hydrogen-bond acceptors (Lipinski definition) is 3. The number of aliphatic imine (C=N–C) groups is 1. The van der Waals surface area contributed by atoms with Gasteiger partial charge in [-0.05, 0) is 49.8 Å². The number of sulfonamides is 1. The molecule has 27 heavy (non-hydrogen) atoms. The second kappa shape index (κ2) is 10.6. The van der Waals surface area contributed by atoms with Gasteiger partial charge in [-0.3, -0.25) is 4.99 Å². The molecule has 9 heteroatoms. The van der Waals surface area contributed by atoms with E-state index in [9.17, 15) is 12.8 Å². The van der Waals surface area contributed by atoms with Crippen LogP contribution >= 0.6 is 24.0 Å². The molecule has 0 amide bonds. The van der Waals surface area contributed by atoms with E-state index in [0.29, 0.717) is 30.5 Å². The van der Waals surface area contributed by atoms with Gasteiger partial charge in [-0.15, -0.1) is 24.0 Å². The maximum absolute atomic E-state index is 13.7. The van der Waals surface area contributed by atoms with E-state index in [2.05, 4.69) is 15.6 Å². The van der Waals surface area contributed by atoms with Gasteiger partial charge in [0.1, 0.15) is 5.82 Å². The second-order valence-electron chi connectivity index (χ2n) is 6.93. The smallest absolute Gasteiger partial charge is 0.211 e. The molecule has 1 atom stereocenters. The average molecular weight is 512 g/mol. The van der Waals surface area contributed by atoms with Crippen LogP contribution in [0, 0.1) is 18.7 Å². The predicted octanol–water partition coefficient (Wildman–Crippen LogP) is 2.65. The summed E-state index contributed by atoms with van der Waals surface area (Å²) in [6.07, 6.45) is 2.91. The maximum Gasteiger partial charge on any atom is 0.211 e. The first-order valence-electron chi connectivity index (χ1n) is 8.89. The number of rotatable bonds is 5. The van der Waals surface area contributed by atoms with Gasteiger partial charge >= 0.3 is 0 Å². The van der Waals surface area contributed by atoms with Crippen molar-refractivity contribution in [1.82, 2.24) is 14.9 Å². The van der Waals surface area contributed by atoms with Crippen molar-refractivity contribution in [3.63, 3.8) is 0 Å². The fourth-order valence-electron chi connectivity index (χ4n) is 3.05. The van der Waals surface area contributed by atoms with Gasteiger partial charge in [0.25, 0.3) is 0 Å². The molecule has 6 nitrogen and oxygen atoms in total. The Hall–Kier alpha value is -0.940. The highest BCUT2D eigenvalue weighted by Gasteiger charge is 2.24. The number of guanidine groups is 1. The Morgan fingerprint density at radius 1 is 1.37 bits per heavy atom. The first-order valence-corrected chi connectivity index (χ1v) is 10.7. The van der Waals surface area contributed by atoms with Crippen molar-refractivity contribution in [1.29, 1.82) is 0 Å². The summed E-state index contributed by atoms with van der Waals surface area (Å²) >= 11 is 0. The third kappa shape index (κ3) is 7.19. The molecule has 2 rings (SSSR count). The van der Waals surface area contributed by atoms with Crippen molar-refractivity contribution in [2.24, 2.45) is 10.9 Å². The number of benzene rings is 1. The molecule has 1 unspecified atom stereocenters. The van der Waals surface area contributed by atoms with E-state index >= 15 is 0 Å². The summed E-state index contributed by atoms with van der Waals surface area (Å²) < 4.78 is 38.4. The Bertz CT molecular complexity index is 750. The molecule has 1 aromatic carbocycles. The lowest BCUT2D eigenvalue weighted by Crippen LogP contribution is -2.44. The number of nitrogens with zero attached hydrogens (tertiary/aromatic N) is 2. The zero-order valence-electron chi connectivity index (χ0n) is 16.3. The molecule has 1 aliphatic heterocycles. The van der Waals surface area contributed by atoms with Crippen LogP contribution in [0.25, 0.3) is 0 Å². The van der Waals surface area contributed by atoms with Crippen LogP contribution in [-0.4, -0.2) is 51.6 Å². The van der Waals surface area contributed by atoms with Crippen LogP contribution in [-0.2, 0) is 10.0 Å². The Balaban J connectivity index is 0.00000364. The monoisotopic (exact) mass is 512 g/mol. The van der Waals surface area contributed by atoms with Gasteiger partial charge < -0.3 is 10.6 Å². The molecular weight excluding hydrogens is 482 g/mol. The molecule has 0 saturated carbocycles. The standard InChI is InChI=1S/C18H29FN4O2S.HI/c1-13-5-6-16(11-17(13)19)14(2)22-18(20-3)21-12-15-7-9-23(10-8-15)26(4,24)25;/h5-6,11,14-15H,7-10,12H2,1-4H3,(H2,20,21,22);1H. The molecule has 1 heterocycles. The summed E-state index contributed by atoms with van der Waals surface area (Å²) in [6, 6.07) is 5.14. The molecule has 0 aromatic heterocycles. The van der Waals surface area contributed by atoms with Crippen molar-refractivity contribution in [2.45, 2.75) is 32.7 Å². The minimum Gasteiger partial charge on any atom is -0.356 e. The fourth-order valence-corrected chi connectivity index (χ4v) is 3.92. The van der Waals surface area contributed by atoms with E-state index in [1.54, 1.807) is 26.1 Å². The Kier molecular flexibility index (Phi) is 9.43. The van der Waals surface area contributed by atoms with E-state index in [1.165, 1.54) is 10.6 Å². The maximum atomic E-state index is 13.7. The number of piperidine rings is 1. The van der Waals surface area contributed by atoms with Crippen LogP contribution in [0.1, 0.15) is 36.9 Å². The van der Waals surface area contributed by atoms with Crippen molar-refractivity contribution in [2.75, 3.05) is 32.9 Å². The highest BCUT2D eigenvalue weighted by Crippen LogP contribution is 2.19. The third-order valence-electron chi connectivity index (χ3n) is 4.87. The lowest BCUT2D eigenvalue weighted by molar-refractivity contribution is 0.274. The van der Waals surface area contributed by atoms with E-state index < -0.39 is 10.0 Å². The highest BCUT2D eigenvalue weighted by molar-refractivity contribution is 14.0. The van der Waals surface area contributed by atoms with Crippen molar-refractivity contribution in [3.05, 3.63) is 35.1 Å². The lowest BCUT2D eigenvalue weighted by atomic mass is 9.98. The fraction of sp³-hybridized carbons (Fsp3) is 0.611. The average Bonchev–Trinajstić information content (AvgIpc) is 2.60. The molecule has 1 aliphatic rings. The zero-order chi connectivity index (χ0) is 19.3. The van der Waals surface area contributed by atoms with Crippen molar-refractivity contribution in [3.8, 4) is 0 Å². The summed E-state index contributed by atoms with van der Waals surface area (Å²) in [4.78, 5) is 4.23. The summed E-state index contributed by atoms with van der Waals surface area (Å²) in [5.74, 6) is 0.847. The van der Waals surface area contributed by atoms with Crippen LogP contribution in [0.5, 0.6) is 0 Å². The number of halogens is 2. The number of nitrogens with one attached hydrogen (secondary N) is 2. The number of hydrogen-bond donors (Lipinski definition) is 2. The summed E-state index contributed by atoms with van der Waals surface area (Å²) in [5.41, 5.74) is 1.49. The second-order valence-corrected chi connectivity index (χ2v) is 8.92. The van der Waals surface area contributed by atoms with Gasteiger partial charge in [0, 0.05) is 26.7 Å². The Morgan fingerprint density at radius 2 is 2.00 bits per heavy atom. The third-order valence-corrected chi connectivity index (χ3v) is 6.18. The molecule has 0 spiro atoms. The van der Waals surface area contributed by atoms with Gasteiger partial charge in [0.2, 0.25) is 10.0 Å². The van der Waals surface area contributed by atoms with E-state index in [4.69, 9.17) is 0 Å². The summed E-state index contributed by atoms with van der Waals surface area (Å²) in [6.45, 7) is 5.56. The van der Waals surface area contributed by atoms with Gasteiger partial charge in [0.05, 0.1) is 12.3 Å². The zero-order valence-corrected chi connectivity index (χ0v) is 19.5. The summed E-state index contributed by atoms with van der Waals surface area (Å²) in [7, 11) is -1.39. The molecule has 0 bridgehead atoms. The summed E-state index contributed by atoms with van der Waals surface area (Å²) in [5, 5.41) is 6.56.